The zero-order valence-corrected chi connectivity index (χ0v) is 16.9. The number of aromatic nitrogens is 5. The van der Waals surface area contributed by atoms with Crippen molar-refractivity contribution in [1.82, 2.24) is 29.6 Å². The van der Waals surface area contributed by atoms with E-state index < -0.39 is 11.9 Å². The Balaban J connectivity index is 1.65. The third-order valence-corrected chi connectivity index (χ3v) is 4.89. The predicted octanol–water partition coefficient (Wildman–Crippen LogP) is 1.74. The van der Waals surface area contributed by atoms with Gasteiger partial charge in [0, 0.05) is 17.0 Å². The van der Waals surface area contributed by atoms with E-state index in [4.69, 9.17) is 0 Å². The van der Waals surface area contributed by atoms with Gasteiger partial charge in [0.2, 0.25) is 0 Å². The first-order valence-corrected chi connectivity index (χ1v) is 9.38. The molecule has 1 N–H and O–H groups in total. The number of benzene rings is 1. The Bertz CT molecular complexity index is 1090. The minimum atomic E-state index is -0.504. The molecular formula is C18H17BrN6O3. The fraction of sp³-hybridized carbons (Fsp3) is 0.278. The van der Waals surface area contributed by atoms with Crippen LogP contribution in [0.15, 0.2) is 29.0 Å². The van der Waals surface area contributed by atoms with Crippen LogP contribution in [0.3, 0.4) is 0 Å². The smallest absolute Gasteiger partial charge is 0.303 e. The van der Waals surface area contributed by atoms with Crippen molar-refractivity contribution >= 4 is 27.8 Å². The topological polar surface area (TPSA) is 104 Å². The second-order valence-corrected chi connectivity index (χ2v) is 7.29. The molecule has 0 saturated carbocycles. The van der Waals surface area contributed by atoms with Gasteiger partial charge in [0.05, 0.1) is 36.5 Å². The second kappa shape index (κ2) is 7.19. The largest absolute Gasteiger partial charge is 0.456 e. The third kappa shape index (κ3) is 3.42. The minimum absolute atomic E-state index is 0.141. The summed E-state index contributed by atoms with van der Waals surface area (Å²) in [6.07, 6.45) is 1.81. The van der Waals surface area contributed by atoms with Gasteiger partial charge in [-0.2, -0.15) is 5.10 Å². The number of aryl methyl sites for hydroxylation is 1. The molecule has 0 saturated heterocycles. The lowest BCUT2D eigenvalue weighted by atomic mass is 10.1. The van der Waals surface area contributed by atoms with Crippen LogP contribution in [0.1, 0.15) is 24.1 Å². The maximum atomic E-state index is 11.8. The van der Waals surface area contributed by atoms with E-state index in [1.54, 1.807) is 6.33 Å². The fourth-order valence-electron chi connectivity index (χ4n) is 3.07. The maximum Gasteiger partial charge on any atom is 0.303 e. The predicted molar refractivity (Wildman–Crippen MR) is 103 cm³/mol. The summed E-state index contributed by atoms with van der Waals surface area (Å²) in [5, 5.41) is 7.21. The van der Waals surface area contributed by atoms with E-state index in [0.29, 0.717) is 18.2 Å². The molecule has 1 aliphatic heterocycles. The van der Waals surface area contributed by atoms with Gasteiger partial charge >= 0.3 is 5.97 Å². The molecule has 0 aliphatic carbocycles. The Kier molecular flexibility index (Phi) is 4.71. The van der Waals surface area contributed by atoms with Gasteiger partial charge in [-0.25, -0.2) is 14.6 Å². The molecule has 10 heteroatoms. The molecular weight excluding hydrogens is 428 g/mol. The first-order valence-electron chi connectivity index (χ1n) is 8.59. The maximum absolute atomic E-state index is 11.8. The molecule has 0 spiro atoms. The highest BCUT2D eigenvalue weighted by Crippen LogP contribution is 2.33. The zero-order chi connectivity index (χ0) is 19.8. The van der Waals surface area contributed by atoms with Crippen molar-refractivity contribution in [3.8, 4) is 17.1 Å². The van der Waals surface area contributed by atoms with E-state index in [1.165, 1.54) is 6.92 Å². The lowest BCUT2D eigenvalue weighted by molar-refractivity contribution is -0.146. The molecule has 0 bridgehead atoms. The molecule has 2 aromatic heterocycles. The number of ether oxygens (including phenoxy) is 1. The average molecular weight is 445 g/mol. The summed E-state index contributed by atoms with van der Waals surface area (Å²) < 4.78 is 9.47. The summed E-state index contributed by atoms with van der Waals surface area (Å²) in [5.41, 5.74) is 3.83. The normalized spacial score (nSPS) is 11.8. The second-order valence-electron chi connectivity index (χ2n) is 6.37. The van der Waals surface area contributed by atoms with Crippen molar-refractivity contribution < 1.29 is 14.3 Å². The van der Waals surface area contributed by atoms with Crippen molar-refractivity contribution in [2.45, 2.75) is 26.9 Å². The zero-order valence-electron chi connectivity index (χ0n) is 15.3. The van der Waals surface area contributed by atoms with Gasteiger partial charge in [0.15, 0.2) is 18.3 Å². The van der Waals surface area contributed by atoms with E-state index in [0.717, 1.165) is 27.1 Å². The summed E-state index contributed by atoms with van der Waals surface area (Å²) in [6, 6.07) is 5.97. The minimum Gasteiger partial charge on any atom is -0.456 e. The number of halogens is 1. The average Bonchev–Trinajstić information content (AvgIpc) is 3.19. The number of rotatable bonds is 4. The Morgan fingerprint density at radius 2 is 2.18 bits per heavy atom. The molecule has 3 heterocycles. The van der Waals surface area contributed by atoms with Crippen LogP contribution in [-0.4, -0.2) is 42.8 Å². The van der Waals surface area contributed by atoms with E-state index in [2.05, 4.69) is 41.1 Å². The molecule has 0 fully saturated rings. The quantitative estimate of drug-likeness (QED) is 0.480. The van der Waals surface area contributed by atoms with Crippen LogP contribution in [0.5, 0.6) is 0 Å². The number of esters is 1. The third-order valence-electron chi connectivity index (χ3n) is 4.40. The summed E-state index contributed by atoms with van der Waals surface area (Å²) in [6.45, 7) is 3.55. The lowest BCUT2D eigenvalue weighted by Crippen LogP contribution is -2.28. The first kappa shape index (κ1) is 18.4. The van der Waals surface area contributed by atoms with Crippen LogP contribution in [0.2, 0.25) is 0 Å². The van der Waals surface area contributed by atoms with Crippen LogP contribution in [-0.2, 0) is 27.4 Å². The van der Waals surface area contributed by atoms with E-state index in [9.17, 15) is 9.59 Å². The Labute approximate surface area is 168 Å². The van der Waals surface area contributed by atoms with Crippen LogP contribution < -0.4 is 5.32 Å². The number of carbonyl (C=O) groups excluding carboxylic acids is 2. The van der Waals surface area contributed by atoms with Gasteiger partial charge < -0.3 is 14.6 Å². The number of amides is 1. The summed E-state index contributed by atoms with van der Waals surface area (Å²) in [5.74, 6) is 0.278. The Morgan fingerprint density at radius 1 is 1.36 bits per heavy atom. The molecule has 0 atom stereocenters. The summed E-state index contributed by atoms with van der Waals surface area (Å²) in [4.78, 5) is 31.6. The van der Waals surface area contributed by atoms with E-state index in [1.807, 2.05) is 34.4 Å². The molecule has 28 heavy (non-hydrogen) atoms. The van der Waals surface area contributed by atoms with Gasteiger partial charge in [-0.3, -0.25) is 9.59 Å². The molecule has 1 aromatic carbocycles. The van der Waals surface area contributed by atoms with Gasteiger partial charge in [0.25, 0.3) is 5.91 Å². The molecule has 144 valence electrons. The molecule has 1 amide bonds. The molecule has 0 radical (unpaired) electrons. The number of hydrogen-bond acceptors (Lipinski definition) is 6. The summed E-state index contributed by atoms with van der Waals surface area (Å²) in [7, 11) is 0. The standard InChI is InChI=1S/C18H17BrN6O3/c1-10-15-7-25-18(13-5-12(19)3-4-14(13)24(15)9-21-10)22-16(23-25)6-20-17(27)8-28-11(2)26/h3-5,9H,6-8H2,1-2H3,(H,20,27). The molecule has 1 aliphatic rings. The van der Waals surface area contributed by atoms with Crippen molar-refractivity contribution in [2.75, 3.05) is 6.61 Å². The highest BCUT2D eigenvalue weighted by molar-refractivity contribution is 9.10. The number of nitrogens with one attached hydrogen (secondary N) is 1. The Hall–Kier alpha value is -3.01. The van der Waals surface area contributed by atoms with Crippen molar-refractivity contribution in [1.29, 1.82) is 0 Å². The van der Waals surface area contributed by atoms with Gasteiger partial charge in [0.1, 0.15) is 0 Å². The number of hydrogen-bond donors (Lipinski definition) is 1. The lowest BCUT2D eigenvalue weighted by Gasteiger charge is -2.08. The van der Waals surface area contributed by atoms with E-state index in [-0.39, 0.29) is 13.2 Å². The van der Waals surface area contributed by atoms with Crippen molar-refractivity contribution in [3.05, 3.63) is 46.2 Å². The van der Waals surface area contributed by atoms with Gasteiger partial charge in [-0.15, -0.1) is 0 Å². The van der Waals surface area contributed by atoms with Crippen molar-refractivity contribution in [3.63, 3.8) is 0 Å². The monoisotopic (exact) mass is 444 g/mol. The molecule has 0 unspecified atom stereocenters. The molecule has 4 rings (SSSR count). The number of nitrogens with zero attached hydrogens (tertiary/aromatic N) is 5. The molecule has 9 nitrogen and oxygen atoms in total. The van der Waals surface area contributed by atoms with Crippen LogP contribution in [0.4, 0.5) is 0 Å². The number of imidazole rings is 1. The number of carbonyl (C=O) groups is 2. The van der Waals surface area contributed by atoms with Crippen LogP contribution in [0.25, 0.3) is 17.1 Å². The SMILES string of the molecule is CC(=O)OCC(=O)NCc1nc2n(n1)Cc1c(C)ncn1-c1ccc(Br)cc1-2. The highest BCUT2D eigenvalue weighted by Gasteiger charge is 2.24. The van der Waals surface area contributed by atoms with E-state index >= 15 is 0 Å². The summed E-state index contributed by atoms with van der Waals surface area (Å²) >= 11 is 3.52. The van der Waals surface area contributed by atoms with Crippen LogP contribution >= 0.6 is 15.9 Å². The van der Waals surface area contributed by atoms with Gasteiger partial charge in [-0.05, 0) is 25.1 Å². The van der Waals surface area contributed by atoms with Crippen molar-refractivity contribution in [2.24, 2.45) is 0 Å². The fourth-order valence-corrected chi connectivity index (χ4v) is 3.43. The number of fused-ring (bicyclic) bond motifs is 5. The van der Waals surface area contributed by atoms with Gasteiger partial charge in [-0.1, -0.05) is 15.9 Å². The Morgan fingerprint density at radius 3 is 2.96 bits per heavy atom. The highest BCUT2D eigenvalue weighted by atomic mass is 79.9. The van der Waals surface area contributed by atoms with Crippen LogP contribution in [0, 0.1) is 6.92 Å². The molecule has 3 aromatic rings. The first-order chi connectivity index (χ1) is 13.4.